The van der Waals surface area contributed by atoms with Crippen molar-refractivity contribution in [2.24, 2.45) is 5.92 Å². The quantitative estimate of drug-likeness (QED) is 0.764. The minimum absolute atomic E-state index is 0.0879. The van der Waals surface area contributed by atoms with Crippen LogP contribution in [0, 0.1) is 5.92 Å². The Balaban J connectivity index is 1.91. The van der Waals surface area contributed by atoms with Crippen LogP contribution in [-0.2, 0) is 16.1 Å². The first-order valence-corrected chi connectivity index (χ1v) is 8.87. The number of hydrogen-bond acceptors (Lipinski definition) is 3. The highest BCUT2D eigenvalue weighted by Crippen LogP contribution is 2.12. The summed E-state index contributed by atoms with van der Waals surface area (Å²) in [5.74, 6) is -0.426. The summed E-state index contributed by atoms with van der Waals surface area (Å²) in [6.07, 6.45) is 0.948. The molecular formula is C19H27N3O3. The van der Waals surface area contributed by atoms with Crippen molar-refractivity contribution in [3.63, 3.8) is 0 Å². The molecule has 0 bridgehead atoms. The standard InChI is InChI=1S/C19H27N3O3/c1-4-21-11-12-22(19(25)18(21)24)13-15-5-7-16(8-6-15)17(23)20-10-9-14(2)3/h5-8,14H,4,9-13H2,1-3H3,(H,20,23). The molecule has 0 spiro atoms. The van der Waals surface area contributed by atoms with E-state index in [0.717, 1.165) is 12.0 Å². The summed E-state index contributed by atoms with van der Waals surface area (Å²) in [5, 5.41) is 2.90. The fraction of sp³-hybridized carbons (Fsp3) is 0.526. The highest BCUT2D eigenvalue weighted by atomic mass is 16.2. The number of rotatable bonds is 7. The number of hydrogen-bond donors (Lipinski definition) is 1. The molecule has 136 valence electrons. The molecule has 6 nitrogen and oxygen atoms in total. The molecular weight excluding hydrogens is 318 g/mol. The second-order valence-electron chi connectivity index (χ2n) is 6.75. The number of benzene rings is 1. The number of likely N-dealkylation sites (N-methyl/N-ethyl adjacent to an activating group) is 1. The van der Waals surface area contributed by atoms with E-state index < -0.39 is 11.8 Å². The van der Waals surface area contributed by atoms with Gasteiger partial charge in [0.1, 0.15) is 0 Å². The van der Waals surface area contributed by atoms with Gasteiger partial charge in [-0.05, 0) is 37.0 Å². The van der Waals surface area contributed by atoms with Gasteiger partial charge in [-0.3, -0.25) is 14.4 Å². The van der Waals surface area contributed by atoms with Crippen LogP contribution in [-0.4, -0.2) is 53.7 Å². The van der Waals surface area contributed by atoms with E-state index in [4.69, 9.17) is 0 Å². The van der Waals surface area contributed by atoms with E-state index in [1.807, 2.05) is 19.1 Å². The molecule has 1 heterocycles. The minimum Gasteiger partial charge on any atom is -0.352 e. The van der Waals surface area contributed by atoms with E-state index in [-0.39, 0.29) is 5.91 Å². The van der Waals surface area contributed by atoms with Crippen LogP contribution in [0.2, 0.25) is 0 Å². The van der Waals surface area contributed by atoms with E-state index in [0.29, 0.717) is 44.2 Å². The van der Waals surface area contributed by atoms with Crippen molar-refractivity contribution in [2.75, 3.05) is 26.2 Å². The summed E-state index contributed by atoms with van der Waals surface area (Å²) < 4.78 is 0. The molecule has 3 amide bonds. The third-order valence-electron chi connectivity index (χ3n) is 4.38. The van der Waals surface area contributed by atoms with Gasteiger partial charge in [-0.15, -0.1) is 0 Å². The molecule has 0 saturated carbocycles. The fourth-order valence-electron chi connectivity index (χ4n) is 2.73. The highest BCUT2D eigenvalue weighted by molar-refractivity contribution is 6.35. The Morgan fingerprint density at radius 3 is 2.28 bits per heavy atom. The van der Waals surface area contributed by atoms with Crippen molar-refractivity contribution in [2.45, 2.75) is 33.7 Å². The molecule has 1 saturated heterocycles. The van der Waals surface area contributed by atoms with E-state index in [2.05, 4.69) is 19.2 Å². The second-order valence-corrected chi connectivity index (χ2v) is 6.75. The van der Waals surface area contributed by atoms with Crippen LogP contribution < -0.4 is 5.32 Å². The Labute approximate surface area is 149 Å². The van der Waals surface area contributed by atoms with E-state index in [9.17, 15) is 14.4 Å². The highest BCUT2D eigenvalue weighted by Gasteiger charge is 2.31. The number of carbonyl (C=O) groups excluding carboxylic acids is 3. The maximum atomic E-state index is 12.1. The first-order chi connectivity index (χ1) is 11.9. The monoisotopic (exact) mass is 345 g/mol. The van der Waals surface area contributed by atoms with Gasteiger partial charge < -0.3 is 15.1 Å². The summed E-state index contributed by atoms with van der Waals surface area (Å²) in [7, 11) is 0. The summed E-state index contributed by atoms with van der Waals surface area (Å²) in [4.78, 5) is 39.2. The summed E-state index contributed by atoms with van der Waals surface area (Å²) in [6.45, 7) is 8.81. The average Bonchev–Trinajstić information content (AvgIpc) is 2.59. The normalized spacial score (nSPS) is 15.0. The molecule has 0 unspecified atom stereocenters. The molecule has 1 N–H and O–H groups in total. The Morgan fingerprint density at radius 1 is 1.08 bits per heavy atom. The molecule has 0 atom stereocenters. The lowest BCUT2D eigenvalue weighted by atomic mass is 10.1. The maximum absolute atomic E-state index is 12.1. The summed E-state index contributed by atoms with van der Waals surface area (Å²) in [5.41, 5.74) is 1.51. The van der Waals surface area contributed by atoms with Crippen molar-refractivity contribution in [1.29, 1.82) is 0 Å². The number of nitrogens with one attached hydrogen (secondary N) is 1. The van der Waals surface area contributed by atoms with Crippen LogP contribution in [0.25, 0.3) is 0 Å². The van der Waals surface area contributed by atoms with E-state index in [1.165, 1.54) is 0 Å². The van der Waals surface area contributed by atoms with Crippen LogP contribution in [0.3, 0.4) is 0 Å². The molecule has 0 radical (unpaired) electrons. The minimum atomic E-state index is -0.455. The van der Waals surface area contributed by atoms with Crippen LogP contribution in [0.15, 0.2) is 24.3 Å². The van der Waals surface area contributed by atoms with Crippen molar-refractivity contribution < 1.29 is 14.4 Å². The first-order valence-electron chi connectivity index (χ1n) is 8.87. The Kier molecular flexibility index (Phi) is 6.56. The zero-order valence-electron chi connectivity index (χ0n) is 15.2. The molecule has 1 aromatic rings. The summed E-state index contributed by atoms with van der Waals surface area (Å²) in [6, 6.07) is 7.19. The second kappa shape index (κ2) is 8.65. The molecule has 2 rings (SSSR count). The fourth-order valence-corrected chi connectivity index (χ4v) is 2.73. The smallest absolute Gasteiger partial charge is 0.312 e. The molecule has 0 aliphatic carbocycles. The molecule has 25 heavy (non-hydrogen) atoms. The lowest BCUT2D eigenvalue weighted by Crippen LogP contribution is -2.53. The average molecular weight is 345 g/mol. The van der Waals surface area contributed by atoms with Gasteiger partial charge in [0.15, 0.2) is 0 Å². The van der Waals surface area contributed by atoms with Crippen molar-refractivity contribution >= 4 is 17.7 Å². The van der Waals surface area contributed by atoms with E-state index >= 15 is 0 Å². The van der Waals surface area contributed by atoms with Gasteiger partial charge >= 0.3 is 11.8 Å². The Morgan fingerprint density at radius 2 is 1.68 bits per heavy atom. The third-order valence-corrected chi connectivity index (χ3v) is 4.38. The van der Waals surface area contributed by atoms with Gasteiger partial charge in [-0.2, -0.15) is 0 Å². The van der Waals surface area contributed by atoms with Crippen LogP contribution in [0.4, 0.5) is 0 Å². The number of carbonyl (C=O) groups is 3. The topological polar surface area (TPSA) is 69.7 Å². The lowest BCUT2D eigenvalue weighted by molar-refractivity contribution is -0.156. The molecule has 1 fully saturated rings. The van der Waals surface area contributed by atoms with Gasteiger partial charge in [-0.1, -0.05) is 26.0 Å². The maximum Gasteiger partial charge on any atom is 0.312 e. The number of nitrogens with zero attached hydrogens (tertiary/aromatic N) is 2. The van der Waals surface area contributed by atoms with E-state index in [1.54, 1.807) is 21.9 Å². The van der Waals surface area contributed by atoms with Crippen LogP contribution >= 0.6 is 0 Å². The summed E-state index contributed by atoms with van der Waals surface area (Å²) >= 11 is 0. The zero-order valence-corrected chi connectivity index (χ0v) is 15.2. The van der Waals surface area contributed by atoms with Crippen LogP contribution in [0.1, 0.15) is 43.1 Å². The van der Waals surface area contributed by atoms with Gasteiger partial charge in [-0.25, -0.2) is 0 Å². The third kappa shape index (κ3) is 5.05. The Bertz CT molecular complexity index is 625. The molecule has 6 heteroatoms. The largest absolute Gasteiger partial charge is 0.352 e. The van der Waals surface area contributed by atoms with Gasteiger partial charge in [0.25, 0.3) is 5.91 Å². The number of piperazine rings is 1. The number of amides is 3. The van der Waals surface area contributed by atoms with Crippen molar-refractivity contribution in [3.05, 3.63) is 35.4 Å². The van der Waals surface area contributed by atoms with Gasteiger partial charge in [0.05, 0.1) is 0 Å². The van der Waals surface area contributed by atoms with Gasteiger partial charge in [0.2, 0.25) is 0 Å². The van der Waals surface area contributed by atoms with Crippen molar-refractivity contribution in [1.82, 2.24) is 15.1 Å². The van der Waals surface area contributed by atoms with Crippen molar-refractivity contribution in [3.8, 4) is 0 Å². The Hall–Kier alpha value is -2.37. The first kappa shape index (κ1) is 19.0. The molecule has 1 aliphatic rings. The van der Waals surface area contributed by atoms with Gasteiger partial charge in [0, 0.05) is 38.3 Å². The molecule has 1 aliphatic heterocycles. The molecule has 0 aromatic heterocycles. The predicted octanol–water partition coefficient (Wildman–Crippen LogP) is 1.65. The predicted molar refractivity (Wildman–Crippen MR) is 95.9 cm³/mol. The zero-order chi connectivity index (χ0) is 18.4. The van der Waals surface area contributed by atoms with Crippen LogP contribution in [0.5, 0.6) is 0 Å². The SMILES string of the molecule is CCN1CCN(Cc2ccc(C(=O)NCCC(C)C)cc2)C(=O)C1=O. The molecule has 1 aromatic carbocycles. The lowest BCUT2D eigenvalue weighted by Gasteiger charge is -2.33.